The summed E-state index contributed by atoms with van der Waals surface area (Å²) in [6.07, 6.45) is 4.31. The molecule has 0 unspecified atom stereocenters. The molecule has 4 rings (SSSR count). The summed E-state index contributed by atoms with van der Waals surface area (Å²) in [7, 11) is 0. The van der Waals surface area contributed by atoms with Crippen LogP contribution in [0.4, 0.5) is 4.79 Å². The average Bonchev–Trinajstić information content (AvgIpc) is 2.79. The zero-order chi connectivity index (χ0) is 20.1. The maximum atomic E-state index is 12.4. The summed E-state index contributed by atoms with van der Waals surface area (Å²) < 4.78 is 7.17. The normalized spacial score (nSPS) is 14.6. The molecule has 0 aliphatic carbocycles. The van der Waals surface area contributed by atoms with Crippen molar-refractivity contribution in [3.05, 3.63) is 89.0 Å². The largest absolute Gasteiger partial charge is 0.445 e. The van der Waals surface area contributed by atoms with Crippen LogP contribution < -0.4 is 5.56 Å². The third kappa shape index (κ3) is 4.54. The van der Waals surface area contributed by atoms with Crippen molar-refractivity contribution in [1.29, 1.82) is 0 Å². The minimum Gasteiger partial charge on any atom is -0.445 e. The Bertz CT molecular complexity index is 1010. The summed E-state index contributed by atoms with van der Waals surface area (Å²) in [5.41, 5.74) is 2.60. The van der Waals surface area contributed by atoms with Gasteiger partial charge in [-0.3, -0.25) is 4.79 Å². The van der Waals surface area contributed by atoms with E-state index in [2.05, 4.69) is 4.98 Å². The lowest BCUT2D eigenvalue weighted by Crippen LogP contribution is -2.41. The number of nitrogens with zero attached hydrogens (tertiary/aromatic N) is 3. The highest BCUT2D eigenvalue weighted by molar-refractivity contribution is 5.67. The van der Waals surface area contributed by atoms with E-state index in [0.717, 1.165) is 16.8 Å². The molecule has 1 fully saturated rings. The van der Waals surface area contributed by atoms with Crippen LogP contribution in [-0.4, -0.2) is 33.6 Å². The summed E-state index contributed by atoms with van der Waals surface area (Å²) >= 11 is 0. The van der Waals surface area contributed by atoms with Crippen molar-refractivity contribution in [1.82, 2.24) is 14.5 Å². The molecule has 0 radical (unpaired) electrons. The molecule has 0 spiro atoms. The number of piperidine rings is 1. The Morgan fingerprint density at radius 2 is 1.66 bits per heavy atom. The van der Waals surface area contributed by atoms with Gasteiger partial charge in [0.25, 0.3) is 5.56 Å². The number of aromatic nitrogens is 2. The van der Waals surface area contributed by atoms with Gasteiger partial charge in [-0.25, -0.2) is 9.78 Å². The van der Waals surface area contributed by atoms with Gasteiger partial charge in [0.15, 0.2) is 0 Å². The minimum atomic E-state index is -0.306. The summed E-state index contributed by atoms with van der Waals surface area (Å²) in [6, 6.07) is 19.5. The van der Waals surface area contributed by atoms with Crippen LogP contribution in [0.2, 0.25) is 0 Å². The molecule has 1 amide bonds. The van der Waals surface area contributed by atoms with E-state index in [0.29, 0.717) is 25.9 Å². The number of likely N-dealkylation sites (tertiary alicyclic amines) is 1. The zero-order valence-electron chi connectivity index (χ0n) is 16.1. The number of ether oxygens (including phenoxy) is 1. The van der Waals surface area contributed by atoms with Gasteiger partial charge in [0.05, 0.1) is 11.9 Å². The summed E-state index contributed by atoms with van der Waals surface area (Å²) in [5.74, 6) is 0. The Kier molecular flexibility index (Phi) is 5.70. The second-order valence-electron chi connectivity index (χ2n) is 7.14. The number of hydrogen-bond acceptors (Lipinski definition) is 4. The van der Waals surface area contributed by atoms with Crippen LogP contribution in [0.15, 0.2) is 77.9 Å². The lowest BCUT2D eigenvalue weighted by atomic mass is 10.0. The van der Waals surface area contributed by atoms with Crippen molar-refractivity contribution in [2.24, 2.45) is 0 Å². The van der Waals surface area contributed by atoms with Crippen LogP contribution in [0.5, 0.6) is 0 Å². The molecule has 0 N–H and O–H groups in total. The first kappa shape index (κ1) is 18.9. The molecule has 29 heavy (non-hydrogen) atoms. The smallest absolute Gasteiger partial charge is 0.410 e. The highest BCUT2D eigenvalue weighted by Gasteiger charge is 2.25. The molecule has 2 aromatic carbocycles. The fourth-order valence-corrected chi connectivity index (χ4v) is 3.60. The molecule has 6 nitrogen and oxygen atoms in total. The van der Waals surface area contributed by atoms with Gasteiger partial charge in [-0.15, -0.1) is 0 Å². The first-order valence-corrected chi connectivity index (χ1v) is 9.80. The summed E-state index contributed by atoms with van der Waals surface area (Å²) in [6.45, 7) is 1.39. The van der Waals surface area contributed by atoms with E-state index >= 15 is 0 Å². The molecule has 6 heteroatoms. The topological polar surface area (TPSA) is 64.4 Å². The number of rotatable bonds is 4. The Balaban J connectivity index is 1.38. The lowest BCUT2D eigenvalue weighted by Gasteiger charge is -2.32. The predicted octanol–water partition coefficient (Wildman–Crippen LogP) is 3.88. The SMILES string of the molecule is O=C(OCc1ccccc1)N1CCC(n2cc(-c3ccccc3)ncc2=O)CC1. The molecular weight excluding hydrogens is 366 g/mol. The van der Waals surface area contributed by atoms with Crippen molar-refractivity contribution in [2.75, 3.05) is 13.1 Å². The molecule has 1 saturated heterocycles. The van der Waals surface area contributed by atoms with Crippen LogP contribution >= 0.6 is 0 Å². The maximum Gasteiger partial charge on any atom is 0.410 e. The van der Waals surface area contributed by atoms with E-state index in [9.17, 15) is 9.59 Å². The van der Waals surface area contributed by atoms with E-state index < -0.39 is 0 Å². The molecule has 1 aromatic heterocycles. The van der Waals surface area contributed by atoms with Crippen LogP contribution in [0.3, 0.4) is 0 Å². The average molecular weight is 389 g/mol. The minimum absolute atomic E-state index is 0.0473. The van der Waals surface area contributed by atoms with E-state index in [1.807, 2.05) is 66.9 Å². The van der Waals surface area contributed by atoms with Gasteiger partial charge in [-0.05, 0) is 18.4 Å². The first-order valence-electron chi connectivity index (χ1n) is 9.80. The van der Waals surface area contributed by atoms with Crippen LogP contribution in [0, 0.1) is 0 Å². The summed E-state index contributed by atoms with van der Waals surface area (Å²) in [4.78, 5) is 30.7. The number of hydrogen-bond donors (Lipinski definition) is 0. The zero-order valence-corrected chi connectivity index (χ0v) is 16.1. The van der Waals surface area contributed by atoms with Gasteiger partial charge < -0.3 is 14.2 Å². The van der Waals surface area contributed by atoms with Gasteiger partial charge >= 0.3 is 6.09 Å². The number of carbonyl (C=O) groups is 1. The second-order valence-corrected chi connectivity index (χ2v) is 7.14. The lowest BCUT2D eigenvalue weighted by molar-refractivity contribution is 0.0828. The molecule has 3 aromatic rings. The highest BCUT2D eigenvalue weighted by Crippen LogP contribution is 2.23. The maximum absolute atomic E-state index is 12.4. The Hall–Kier alpha value is -3.41. The number of benzene rings is 2. The van der Waals surface area contributed by atoms with Crippen LogP contribution in [-0.2, 0) is 11.3 Å². The van der Waals surface area contributed by atoms with Crippen molar-refractivity contribution in [3.8, 4) is 11.3 Å². The molecule has 148 valence electrons. The van der Waals surface area contributed by atoms with E-state index in [4.69, 9.17) is 4.74 Å². The van der Waals surface area contributed by atoms with Gasteiger partial charge in [0.2, 0.25) is 0 Å². The van der Waals surface area contributed by atoms with E-state index in [1.54, 1.807) is 9.47 Å². The van der Waals surface area contributed by atoms with Gasteiger partial charge in [-0.1, -0.05) is 60.7 Å². The van der Waals surface area contributed by atoms with Crippen molar-refractivity contribution in [3.63, 3.8) is 0 Å². The molecular formula is C23H23N3O3. The number of carbonyl (C=O) groups excluding carboxylic acids is 1. The van der Waals surface area contributed by atoms with Crippen LogP contribution in [0.1, 0.15) is 24.4 Å². The molecule has 0 atom stereocenters. The molecule has 1 aliphatic heterocycles. The standard InChI is InChI=1S/C23H23N3O3/c27-22-15-24-21(19-9-5-2-6-10-19)16-26(22)20-11-13-25(14-12-20)23(28)29-17-18-7-3-1-4-8-18/h1-10,15-16,20H,11-14,17H2. The quantitative estimate of drug-likeness (QED) is 0.679. The van der Waals surface area contributed by atoms with Crippen LogP contribution in [0.25, 0.3) is 11.3 Å². The highest BCUT2D eigenvalue weighted by atomic mass is 16.6. The monoisotopic (exact) mass is 389 g/mol. The fraction of sp³-hybridized carbons (Fsp3) is 0.261. The van der Waals surface area contributed by atoms with Gasteiger partial charge in [-0.2, -0.15) is 0 Å². The van der Waals surface area contributed by atoms with E-state index in [1.165, 1.54) is 6.20 Å². The fourth-order valence-electron chi connectivity index (χ4n) is 3.60. The van der Waals surface area contributed by atoms with Gasteiger partial charge in [0.1, 0.15) is 6.61 Å². The van der Waals surface area contributed by atoms with E-state index in [-0.39, 0.29) is 24.3 Å². The van der Waals surface area contributed by atoms with Crippen molar-refractivity contribution < 1.29 is 9.53 Å². The predicted molar refractivity (Wildman–Crippen MR) is 110 cm³/mol. The Morgan fingerprint density at radius 3 is 2.34 bits per heavy atom. The first-order chi connectivity index (χ1) is 14.2. The third-order valence-corrected chi connectivity index (χ3v) is 5.22. The van der Waals surface area contributed by atoms with Crippen molar-refractivity contribution in [2.45, 2.75) is 25.5 Å². The molecule has 0 bridgehead atoms. The Labute approximate surface area is 169 Å². The molecule has 1 aliphatic rings. The Morgan fingerprint density at radius 1 is 1.00 bits per heavy atom. The number of amides is 1. The second kappa shape index (κ2) is 8.73. The molecule has 2 heterocycles. The molecule has 0 saturated carbocycles. The van der Waals surface area contributed by atoms with Crippen molar-refractivity contribution >= 4 is 6.09 Å². The van der Waals surface area contributed by atoms with Gasteiger partial charge in [0, 0.05) is 30.9 Å². The third-order valence-electron chi connectivity index (χ3n) is 5.22. The summed E-state index contributed by atoms with van der Waals surface area (Å²) in [5, 5.41) is 0.